The predicted octanol–water partition coefficient (Wildman–Crippen LogP) is 2.79. The molecule has 0 saturated carbocycles. The van der Waals surface area contributed by atoms with Gasteiger partial charge in [-0.2, -0.15) is 0 Å². The summed E-state index contributed by atoms with van der Waals surface area (Å²) in [5, 5.41) is 0. The summed E-state index contributed by atoms with van der Waals surface area (Å²) in [4.78, 5) is 16.1. The molecule has 0 spiro atoms. The lowest BCUT2D eigenvalue weighted by atomic mass is 10.2. The van der Waals surface area contributed by atoms with Crippen LogP contribution in [-0.4, -0.2) is 18.1 Å². The monoisotopic (exact) mass is 336 g/mol. The smallest absolute Gasteiger partial charge is 0.339 e. The normalized spacial score (nSPS) is 10.1. The fraction of sp³-hybridized carbons (Fsp3) is 0.143. The Kier molecular flexibility index (Phi) is 4.57. The number of rotatable bonds is 4. The second-order valence-corrected chi connectivity index (χ2v) is 4.84. The summed E-state index contributed by atoms with van der Waals surface area (Å²) in [6, 6.07) is 8.50. The van der Waals surface area contributed by atoms with Crippen molar-refractivity contribution in [1.29, 1.82) is 0 Å². The molecule has 0 aliphatic heterocycles. The lowest BCUT2D eigenvalue weighted by Gasteiger charge is -2.09. The predicted molar refractivity (Wildman–Crippen MR) is 78.5 cm³/mol. The number of anilines is 1. The van der Waals surface area contributed by atoms with Crippen molar-refractivity contribution in [2.75, 3.05) is 12.8 Å². The van der Waals surface area contributed by atoms with Gasteiger partial charge in [-0.25, -0.2) is 9.78 Å². The average Bonchev–Trinajstić information content (AvgIpc) is 2.47. The molecule has 2 aromatic rings. The lowest BCUT2D eigenvalue weighted by Crippen LogP contribution is -2.07. The van der Waals surface area contributed by atoms with E-state index in [4.69, 9.17) is 15.2 Å². The molecule has 1 aromatic carbocycles. The van der Waals surface area contributed by atoms with Crippen molar-refractivity contribution in [3.8, 4) is 5.88 Å². The van der Waals surface area contributed by atoms with Crippen LogP contribution in [0.25, 0.3) is 0 Å². The molecular weight excluding hydrogens is 324 g/mol. The van der Waals surface area contributed by atoms with Crippen LogP contribution in [0.1, 0.15) is 15.9 Å². The van der Waals surface area contributed by atoms with E-state index < -0.39 is 5.97 Å². The third kappa shape index (κ3) is 3.27. The molecule has 0 bridgehead atoms. The van der Waals surface area contributed by atoms with E-state index in [1.165, 1.54) is 7.11 Å². The van der Waals surface area contributed by atoms with Crippen LogP contribution in [0.3, 0.4) is 0 Å². The molecule has 0 radical (unpaired) electrons. The molecule has 0 amide bonds. The highest BCUT2D eigenvalue weighted by molar-refractivity contribution is 9.10. The average molecular weight is 337 g/mol. The van der Waals surface area contributed by atoms with Gasteiger partial charge in [-0.05, 0) is 46.3 Å². The Labute approximate surface area is 124 Å². The number of benzene rings is 1. The molecule has 104 valence electrons. The van der Waals surface area contributed by atoms with Gasteiger partial charge in [0, 0.05) is 16.4 Å². The molecular formula is C14H13BrN2O3. The van der Waals surface area contributed by atoms with E-state index in [1.54, 1.807) is 36.5 Å². The first-order valence-corrected chi connectivity index (χ1v) is 6.61. The molecule has 0 fully saturated rings. The van der Waals surface area contributed by atoms with Gasteiger partial charge in [0.25, 0.3) is 0 Å². The highest BCUT2D eigenvalue weighted by atomic mass is 79.9. The molecule has 0 atom stereocenters. The van der Waals surface area contributed by atoms with Crippen LogP contribution in [0.2, 0.25) is 0 Å². The molecule has 6 heteroatoms. The Bertz CT molecular complexity index is 632. The highest BCUT2D eigenvalue weighted by Gasteiger charge is 2.13. The largest absolute Gasteiger partial charge is 0.481 e. The van der Waals surface area contributed by atoms with Crippen molar-refractivity contribution in [1.82, 2.24) is 4.98 Å². The van der Waals surface area contributed by atoms with Gasteiger partial charge < -0.3 is 15.2 Å². The number of nitrogens with zero attached hydrogens (tertiary/aromatic N) is 1. The molecule has 1 heterocycles. The number of carbonyl (C=O) groups is 1. The number of nitrogens with two attached hydrogens (primary N) is 1. The first-order valence-electron chi connectivity index (χ1n) is 5.82. The van der Waals surface area contributed by atoms with E-state index in [2.05, 4.69) is 20.9 Å². The van der Waals surface area contributed by atoms with Crippen LogP contribution in [-0.2, 0) is 11.3 Å². The minimum Gasteiger partial charge on any atom is -0.481 e. The molecule has 0 aliphatic carbocycles. The van der Waals surface area contributed by atoms with E-state index in [-0.39, 0.29) is 6.61 Å². The van der Waals surface area contributed by atoms with Crippen LogP contribution >= 0.6 is 15.9 Å². The van der Waals surface area contributed by atoms with Gasteiger partial charge in [0.2, 0.25) is 5.88 Å². The van der Waals surface area contributed by atoms with E-state index in [1.807, 2.05) is 0 Å². The molecule has 5 nitrogen and oxygen atoms in total. The summed E-state index contributed by atoms with van der Waals surface area (Å²) in [5.41, 5.74) is 7.24. The van der Waals surface area contributed by atoms with Crippen LogP contribution in [0.4, 0.5) is 5.69 Å². The van der Waals surface area contributed by atoms with Crippen molar-refractivity contribution < 1.29 is 14.3 Å². The Balaban J connectivity index is 2.11. The lowest BCUT2D eigenvalue weighted by molar-refractivity contribution is 0.0468. The number of hydrogen-bond donors (Lipinski definition) is 1. The Morgan fingerprint density at radius 2 is 2.20 bits per heavy atom. The third-order valence-corrected chi connectivity index (χ3v) is 3.30. The number of nitrogen functional groups attached to an aromatic ring is 1. The Hall–Kier alpha value is -2.08. The van der Waals surface area contributed by atoms with Crippen molar-refractivity contribution in [3.63, 3.8) is 0 Å². The first-order chi connectivity index (χ1) is 9.61. The van der Waals surface area contributed by atoms with Crippen molar-refractivity contribution >= 4 is 27.6 Å². The van der Waals surface area contributed by atoms with Gasteiger partial charge in [0.15, 0.2) is 0 Å². The third-order valence-electron chi connectivity index (χ3n) is 2.61. The number of halogens is 1. The molecule has 0 saturated heterocycles. The number of aromatic nitrogens is 1. The summed E-state index contributed by atoms with van der Waals surface area (Å²) in [6.45, 7) is 0.0804. The maximum atomic E-state index is 12.0. The Morgan fingerprint density at radius 3 is 2.95 bits per heavy atom. The summed E-state index contributed by atoms with van der Waals surface area (Å²) in [5.74, 6) is -0.0259. The standard InChI is InChI=1S/C14H13BrN2O3/c1-19-13-9(3-2-6-17-13)8-20-14(18)11-7-10(16)4-5-12(11)15/h2-7H,8,16H2,1H3. The topological polar surface area (TPSA) is 74.4 Å². The van der Waals surface area contributed by atoms with E-state index in [0.717, 1.165) is 0 Å². The summed E-state index contributed by atoms with van der Waals surface area (Å²) >= 11 is 3.29. The van der Waals surface area contributed by atoms with Crippen LogP contribution in [0.15, 0.2) is 41.0 Å². The summed E-state index contributed by atoms with van der Waals surface area (Å²) in [7, 11) is 1.52. The van der Waals surface area contributed by atoms with E-state index in [9.17, 15) is 4.79 Å². The van der Waals surface area contributed by atoms with Gasteiger partial charge in [-0.3, -0.25) is 0 Å². The molecule has 0 unspecified atom stereocenters. The second-order valence-electron chi connectivity index (χ2n) is 3.99. The first kappa shape index (κ1) is 14.3. The number of carbonyl (C=O) groups excluding carboxylic acids is 1. The second kappa shape index (κ2) is 6.38. The zero-order valence-electron chi connectivity index (χ0n) is 10.8. The van der Waals surface area contributed by atoms with Gasteiger partial charge in [0.05, 0.1) is 18.2 Å². The number of esters is 1. The van der Waals surface area contributed by atoms with Gasteiger partial charge in [-0.15, -0.1) is 0 Å². The Morgan fingerprint density at radius 1 is 1.40 bits per heavy atom. The number of methoxy groups -OCH3 is 1. The summed E-state index contributed by atoms with van der Waals surface area (Å²) < 4.78 is 11.0. The SMILES string of the molecule is COc1ncccc1COC(=O)c1cc(N)ccc1Br. The van der Waals surface area contributed by atoms with Crippen molar-refractivity contribution in [2.45, 2.75) is 6.61 Å². The van der Waals surface area contributed by atoms with Crippen molar-refractivity contribution in [2.24, 2.45) is 0 Å². The molecule has 1 aromatic heterocycles. The van der Waals surface area contributed by atoms with Crippen LogP contribution < -0.4 is 10.5 Å². The maximum Gasteiger partial charge on any atom is 0.339 e. The highest BCUT2D eigenvalue weighted by Crippen LogP contribution is 2.22. The number of ether oxygens (including phenoxy) is 2. The number of hydrogen-bond acceptors (Lipinski definition) is 5. The van der Waals surface area contributed by atoms with Crippen LogP contribution in [0.5, 0.6) is 5.88 Å². The minimum absolute atomic E-state index is 0.0804. The summed E-state index contributed by atoms with van der Waals surface area (Å²) in [6.07, 6.45) is 1.61. The molecule has 0 aliphatic rings. The zero-order valence-corrected chi connectivity index (χ0v) is 12.4. The van der Waals surface area contributed by atoms with Gasteiger partial charge in [0.1, 0.15) is 6.61 Å². The van der Waals surface area contributed by atoms with Crippen LogP contribution in [0, 0.1) is 0 Å². The quantitative estimate of drug-likeness (QED) is 0.686. The molecule has 2 N–H and O–H groups in total. The minimum atomic E-state index is -0.463. The van der Waals surface area contributed by atoms with Gasteiger partial charge in [-0.1, -0.05) is 0 Å². The fourth-order valence-corrected chi connectivity index (χ4v) is 2.05. The maximum absolute atomic E-state index is 12.0. The van der Waals surface area contributed by atoms with Crippen molar-refractivity contribution in [3.05, 3.63) is 52.1 Å². The fourth-order valence-electron chi connectivity index (χ4n) is 1.64. The van der Waals surface area contributed by atoms with Gasteiger partial charge >= 0.3 is 5.97 Å². The zero-order chi connectivity index (χ0) is 14.5. The number of pyridine rings is 1. The molecule has 20 heavy (non-hydrogen) atoms. The van der Waals surface area contributed by atoms with E-state index >= 15 is 0 Å². The van der Waals surface area contributed by atoms with E-state index in [0.29, 0.717) is 27.2 Å². The molecule has 2 rings (SSSR count).